The van der Waals surface area contributed by atoms with Crippen molar-refractivity contribution in [1.29, 1.82) is 0 Å². The second kappa shape index (κ2) is 13.6. The molecule has 212 valence electrons. The maximum atomic E-state index is 13.0. The van der Waals surface area contributed by atoms with Crippen LogP contribution in [0.4, 0.5) is 0 Å². The Morgan fingerprint density at radius 3 is 2.33 bits per heavy atom. The van der Waals surface area contributed by atoms with Gasteiger partial charge in [0.15, 0.2) is 0 Å². The second-order valence-electron chi connectivity index (χ2n) is 9.81. The quantitative estimate of drug-likeness (QED) is 0.252. The number of nitrogens with one attached hydrogen (secondary N) is 2. The van der Waals surface area contributed by atoms with Gasteiger partial charge in [0.25, 0.3) is 15.9 Å². The Labute approximate surface area is 239 Å². The van der Waals surface area contributed by atoms with Crippen LogP contribution < -0.4 is 15.8 Å². The van der Waals surface area contributed by atoms with Crippen molar-refractivity contribution in [3.63, 3.8) is 0 Å². The predicted molar refractivity (Wildman–Crippen MR) is 153 cm³/mol. The van der Waals surface area contributed by atoms with Crippen molar-refractivity contribution in [3.8, 4) is 11.1 Å². The molecular weight excluding hydrogens is 562 g/mol. The van der Waals surface area contributed by atoms with E-state index in [0.29, 0.717) is 16.9 Å². The molecule has 39 heavy (non-hydrogen) atoms. The van der Waals surface area contributed by atoms with Crippen molar-refractivity contribution in [1.82, 2.24) is 10.0 Å². The van der Waals surface area contributed by atoms with Crippen molar-refractivity contribution >= 4 is 52.0 Å². The molecule has 0 heterocycles. The first-order valence-corrected chi connectivity index (χ1v) is 15.3. The van der Waals surface area contributed by atoms with Gasteiger partial charge in [-0.3, -0.25) is 14.4 Å². The zero-order valence-corrected chi connectivity index (χ0v) is 24.1. The van der Waals surface area contributed by atoms with Crippen LogP contribution in [-0.2, 0) is 30.8 Å². The van der Waals surface area contributed by atoms with Gasteiger partial charge in [-0.1, -0.05) is 61.2 Å². The van der Waals surface area contributed by atoms with E-state index in [4.69, 9.17) is 17.3 Å². The number of rotatable bonds is 11. The summed E-state index contributed by atoms with van der Waals surface area (Å²) in [5.74, 6) is -1.70. The molecule has 0 bridgehead atoms. The third-order valence-electron chi connectivity index (χ3n) is 6.97. The molecule has 1 saturated carbocycles. The number of carbonyl (C=O) groups excluding carboxylic acids is 3. The van der Waals surface area contributed by atoms with Gasteiger partial charge in [0, 0.05) is 34.2 Å². The van der Waals surface area contributed by atoms with Crippen molar-refractivity contribution in [2.45, 2.75) is 62.5 Å². The molecule has 1 aliphatic rings. The van der Waals surface area contributed by atoms with Crippen LogP contribution in [0.25, 0.3) is 11.1 Å². The third kappa shape index (κ3) is 7.97. The number of benzene rings is 2. The van der Waals surface area contributed by atoms with Gasteiger partial charge < -0.3 is 16.2 Å². The molecule has 5 N–H and O–H groups in total. The molecule has 2 aromatic rings. The normalized spacial score (nSPS) is 16.6. The largest absolute Gasteiger partial charge is 0.384 e. The van der Waals surface area contributed by atoms with Crippen molar-refractivity contribution < 1.29 is 27.9 Å². The van der Waals surface area contributed by atoms with Gasteiger partial charge in [-0.2, -0.15) is 12.6 Å². The number of aliphatic hydroxyl groups is 1. The fraction of sp³-hybridized carbons (Fsp3) is 0.444. The summed E-state index contributed by atoms with van der Waals surface area (Å²) in [6.07, 6.45) is 3.79. The summed E-state index contributed by atoms with van der Waals surface area (Å²) in [5.41, 5.74) is 6.84. The summed E-state index contributed by atoms with van der Waals surface area (Å²) in [6.45, 7) is 1.16. The van der Waals surface area contributed by atoms with Gasteiger partial charge in [-0.15, -0.1) is 0 Å². The Hall–Kier alpha value is -2.60. The molecule has 3 amide bonds. The minimum atomic E-state index is -4.31. The highest BCUT2D eigenvalue weighted by molar-refractivity contribution is 7.90. The van der Waals surface area contributed by atoms with Gasteiger partial charge >= 0.3 is 0 Å². The van der Waals surface area contributed by atoms with Crippen LogP contribution in [0.3, 0.4) is 0 Å². The van der Waals surface area contributed by atoms with Gasteiger partial charge in [-0.05, 0) is 43.4 Å². The Morgan fingerprint density at radius 2 is 1.74 bits per heavy atom. The summed E-state index contributed by atoms with van der Waals surface area (Å²) in [7, 11) is -4.31. The summed E-state index contributed by atoms with van der Waals surface area (Å²) >= 11 is 10.9. The van der Waals surface area contributed by atoms with E-state index in [1.54, 1.807) is 24.3 Å². The van der Waals surface area contributed by atoms with Crippen LogP contribution in [0.15, 0.2) is 47.4 Å². The molecule has 12 heteroatoms. The number of nitrogens with two attached hydrogens (primary N) is 1. The van der Waals surface area contributed by atoms with Gasteiger partial charge in [0.2, 0.25) is 11.8 Å². The molecule has 0 aliphatic heterocycles. The van der Waals surface area contributed by atoms with Gasteiger partial charge in [0.05, 0.1) is 4.90 Å². The molecule has 1 fully saturated rings. The van der Waals surface area contributed by atoms with Crippen LogP contribution in [0, 0.1) is 11.8 Å². The number of thiol groups is 1. The first-order chi connectivity index (χ1) is 18.4. The molecule has 1 aliphatic carbocycles. The van der Waals surface area contributed by atoms with E-state index in [9.17, 15) is 27.9 Å². The minimum absolute atomic E-state index is 0.0927. The fourth-order valence-corrected chi connectivity index (χ4v) is 6.86. The van der Waals surface area contributed by atoms with Crippen LogP contribution in [0.5, 0.6) is 0 Å². The lowest BCUT2D eigenvalue weighted by atomic mass is 9.80. The van der Waals surface area contributed by atoms with E-state index in [2.05, 4.69) is 17.9 Å². The third-order valence-corrected chi connectivity index (χ3v) is 9.08. The van der Waals surface area contributed by atoms with Crippen LogP contribution in [0.2, 0.25) is 5.02 Å². The highest BCUT2D eigenvalue weighted by Crippen LogP contribution is 2.34. The highest BCUT2D eigenvalue weighted by Gasteiger charge is 2.31. The summed E-state index contributed by atoms with van der Waals surface area (Å²) in [4.78, 5) is 36.9. The zero-order chi connectivity index (χ0) is 28.7. The first-order valence-electron chi connectivity index (χ1n) is 12.8. The average Bonchev–Trinajstić information content (AvgIpc) is 2.89. The Bertz CT molecular complexity index is 1310. The van der Waals surface area contributed by atoms with E-state index < -0.39 is 34.0 Å². The van der Waals surface area contributed by atoms with Crippen LogP contribution in [0.1, 0.15) is 44.6 Å². The number of sulfonamides is 1. The number of hydrogen-bond acceptors (Lipinski definition) is 7. The second-order valence-corrected chi connectivity index (χ2v) is 12.2. The molecule has 0 spiro atoms. The summed E-state index contributed by atoms with van der Waals surface area (Å²) in [6, 6.07) is 9.86. The van der Waals surface area contributed by atoms with E-state index in [0.717, 1.165) is 39.0 Å². The summed E-state index contributed by atoms with van der Waals surface area (Å²) < 4.78 is 27.6. The lowest BCUT2D eigenvalue weighted by Gasteiger charge is -2.29. The highest BCUT2D eigenvalue weighted by atomic mass is 35.5. The van der Waals surface area contributed by atoms with Crippen LogP contribution in [-0.4, -0.2) is 49.1 Å². The molecule has 2 aromatic carbocycles. The van der Waals surface area contributed by atoms with E-state index in [1.165, 1.54) is 18.2 Å². The summed E-state index contributed by atoms with van der Waals surface area (Å²) in [5, 5.41) is 12.4. The van der Waals surface area contributed by atoms with Crippen LogP contribution >= 0.6 is 24.2 Å². The SMILES string of the molecule is C[C@H](O)C(=O)NS(=O)(=O)c1ccccc1-c1ccc(CC(NC(=O)[C@@H](CS)C2CCCCC2)C(N)=O)cc1Cl. The first kappa shape index (κ1) is 30.9. The number of hydrogen-bond donors (Lipinski definition) is 5. The maximum Gasteiger partial charge on any atom is 0.264 e. The maximum absolute atomic E-state index is 13.0. The average molecular weight is 596 g/mol. The smallest absolute Gasteiger partial charge is 0.264 e. The van der Waals surface area contributed by atoms with E-state index >= 15 is 0 Å². The van der Waals surface area contributed by atoms with E-state index in [1.807, 2.05) is 4.72 Å². The molecule has 0 saturated heterocycles. The Balaban J connectivity index is 1.82. The lowest BCUT2D eigenvalue weighted by Crippen LogP contribution is -2.49. The number of primary amides is 1. The standard InChI is InChI=1S/C27H34ClN3O6S2/c1-16(32)26(34)31-39(36,37)24-10-6-5-9-20(24)19-12-11-17(13-22(19)28)14-23(25(29)33)30-27(35)21(15-38)18-7-3-2-4-8-18/h5-6,9-13,16,18,21,23,32,38H,2-4,7-8,14-15H2,1H3,(H2,29,33)(H,30,35)(H,31,34)/t16-,21-,23?/m0/s1. The van der Waals surface area contributed by atoms with Crippen molar-refractivity contribution in [2.24, 2.45) is 17.6 Å². The Kier molecular flexibility index (Phi) is 10.8. The molecule has 0 radical (unpaired) electrons. The zero-order valence-electron chi connectivity index (χ0n) is 21.6. The molecule has 3 rings (SSSR count). The monoisotopic (exact) mass is 595 g/mol. The predicted octanol–water partition coefficient (Wildman–Crippen LogP) is 2.83. The molecular formula is C27H34ClN3O6S2. The van der Waals surface area contributed by atoms with Crippen molar-refractivity contribution in [2.75, 3.05) is 5.75 Å². The minimum Gasteiger partial charge on any atom is -0.384 e. The number of amides is 3. The lowest BCUT2D eigenvalue weighted by molar-refractivity contribution is -0.130. The van der Waals surface area contributed by atoms with Gasteiger partial charge in [-0.25, -0.2) is 13.1 Å². The number of carbonyl (C=O) groups is 3. The number of aliphatic hydroxyl groups excluding tert-OH is 1. The molecule has 0 aromatic heterocycles. The van der Waals surface area contributed by atoms with Crippen molar-refractivity contribution in [3.05, 3.63) is 53.1 Å². The van der Waals surface area contributed by atoms with Gasteiger partial charge in [0.1, 0.15) is 12.1 Å². The molecule has 1 unspecified atom stereocenters. The molecule has 9 nitrogen and oxygen atoms in total. The van der Waals surface area contributed by atoms with E-state index in [-0.39, 0.29) is 39.6 Å². The topological polar surface area (TPSA) is 156 Å². The Morgan fingerprint density at radius 1 is 1.08 bits per heavy atom. The fourth-order valence-electron chi connectivity index (χ4n) is 4.82. The number of halogens is 1. The molecule has 3 atom stereocenters.